The largest absolute Gasteiger partial charge is 0.394 e. The number of nitrogens with zero attached hydrogens (tertiary/aromatic N) is 3. The van der Waals surface area contributed by atoms with Gasteiger partial charge in [-0.25, -0.2) is 4.98 Å². The van der Waals surface area contributed by atoms with Gasteiger partial charge in [-0.15, -0.1) is 5.10 Å². The van der Waals surface area contributed by atoms with Crippen molar-refractivity contribution < 1.29 is 14.6 Å². The molecule has 1 saturated heterocycles. The van der Waals surface area contributed by atoms with Crippen molar-refractivity contribution in [3.05, 3.63) is 11.6 Å². The Bertz CT molecular complexity index is 472. The molecule has 1 aliphatic heterocycles. The molecule has 0 saturated carbocycles. The molecule has 7 nitrogen and oxygen atoms in total. The van der Waals surface area contributed by atoms with Crippen LogP contribution in [0.4, 0.5) is 0 Å². The molecule has 20 heavy (non-hydrogen) atoms. The molecule has 1 unspecified atom stereocenters. The van der Waals surface area contributed by atoms with Crippen LogP contribution in [0, 0.1) is 0 Å². The van der Waals surface area contributed by atoms with Gasteiger partial charge in [0, 0.05) is 19.5 Å². The minimum atomic E-state index is -0.482. The van der Waals surface area contributed by atoms with Crippen molar-refractivity contribution in [3.8, 4) is 0 Å². The minimum absolute atomic E-state index is 0.109. The third-order valence-electron chi connectivity index (χ3n) is 3.18. The summed E-state index contributed by atoms with van der Waals surface area (Å²) in [6, 6.07) is 0. The average molecular weight is 282 g/mol. The molecule has 1 amide bonds. The van der Waals surface area contributed by atoms with E-state index in [-0.39, 0.29) is 24.4 Å². The van der Waals surface area contributed by atoms with Crippen LogP contribution < -0.4 is 0 Å². The maximum atomic E-state index is 12.4. The molecule has 1 aromatic heterocycles. The number of nitrogens with one attached hydrogen (secondary N) is 1. The van der Waals surface area contributed by atoms with E-state index in [0.717, 1.165) is 18.7 Å². The number of hydrogen-bond acceptors (Lipinski definition) is 5. The van der Waals surface area contributed by atoms with E-state index in [4.69, 9.17) is 4.74 Å². The van der Waals surface area contributed by atoms with E-state index in [2.05, 4.69) is 15.2 Å². The van der Waals surface area contributed by atoms with E-state index in [9.17, 15) is 9.90 Å². The lowest BCUT2D eigenvalue weighted by Crippen LogP contribution is -2.55. The molecular formula is C13H22N4O3. The van der Waals surface area contributed by atoms with Crippen LogP contribution >= 0.6 is 0 Å². The molecule has 1 aliphatic rings. The molecule has 2 heterocycles. The van der Waals surface area contributed by atoms with Crippen molar-refractivity contribution in [3.63, 3.8) is 0 Å². The highest BCUT2D eigenvalue weighted by molar-refractivity contribution is 5.90. The van der Waals surface area contributed by atoms with Crippen molar-refractivity contribution in [2.24, 2.45) is 0 Å². The van der Waals surface area contributed by atoms with Crippen LogP contribution in [0.15, 0.2) is 0 Å². The highest BCUT2D eigenvalue weighted by atomic mass is 16.5. The Labute approximate surface area is 118 Å². The molecule has 1 fully saturated rings. The lowest BCUT2D eigenvalue weighted by molar-refractivity contribution is -0.139. The number of aryl methyl sites for hydroxylation is 1. The van der Waals surface area contributed by atoms with E-state index in [1.54, 1.807) is 4.90 Å². The first-order valence-electron chi connectivity index (χ1n) is 6.94. The Balaban J connectivity index is 2.10. The highest BCUT2D eigenvalue weighted by Crippen LogP contribution is 2.21. The van der Waals surface area contributed by atoms with Crippen LogP contribution in [-0.4, -0.2) is 62.5 Å². The normalized spacial score (nSPS) is 22.0. The first kappa shape index (κ1) is 14.9. The Hall–Kier alpha value is -1.47. The van der Waals surface area contributed by atoms with Gasteiger partial charge in [-0.2, -0.15) is 0 Å². The fourth-order valence-electron chi connectivity index (χ4n) is 2.43. The summed E-state index contributed by atoms with van der Waals surface area (Å²) in [4.78, 5) is 18.3. The van der Waals surface area contributed by atoms with Crippen LogP contribution in [0.2, 0.25) is 0 Å². The molecule has 1 aromatic rings. The number of aliphatic hydroxyl groups excluding tert-OH is 1. The summed E-state index contributed by atoms with van der Waals surface area (Å²) in [5.41, 5.74) is -0.482. The highest BCUT2D eigenvalue weighted by Gasteiger charge is 2.36. The summed E-state index contributed by atoms with van der Waals surface area (Å²) in [7, 11) is 0. The summed E-state index contributed by atoms with van der Waals surface area (Å²) in [6.07, 6.45) is 1.35. The molecule has 0 radical (unpaired) electrons. The van der Waals surface area contributed by atoms with E-state index in [1.165, 1.54) is 0 Å². The minimum Gasteiger partial charge on any atom is -0.394 e. The van der Waals surface area contributed by atoms with Gasteiger partial charge in [0.25, 0.3) is 5.91 Å². The monoisotopic (exact) mass is 282 g/mol. The number of morpholine rings is 1. The zero-order chi connectivity index (χ0) is 14.8. The van der Waals surface area contributed by atoms with Crippen molar-refractivity contribution in [1.82, 2.24) is 20.1 Å². The molecule has 2 rings (SSSR count). The van der Waals surface area contributed by atoms with Gasteiger partial charge in [0.1, 0.15) is 5.82 Å². The van der Waals surface area contributed by atoms with Gasteiger partial charge in [-0.05, 0) is 20.3 Å². The fourth-order valence-corrected chi connectivity index (χ4v) is 2.43. The van der Waals surface area contributed by atoms with Crippen LogP contribution in [-0.2, 0) is 11.2 Å². The van der Waals surface area contributed by atoms with Crippen molar-refractivity contribution in [2.45, 2.75) is 45.3 Å². The van der Waals surface area contributed by atoms with E-state index in [1.807, 2.05) is 20.8 Å². The molecular weight excluding hydrogens is 260 g/mol. The van der Waals surface area contributed by atoms with Crippen molar-refractivity contribution in [2.75, 3.05) is 19.7 Å². The summed E-state index contributed by atoms with van der Waals surface area (Å²) in [5, 5.41) is 16.0. The van der Waals surface area contributed by atoms with Crippen LogP contribution in [0.5, 0.6) is 0 Å². The molecule has 0 spiro atoms. The summed E-state index contributed by atoms with van der Waals surface area (Å²) in [6.45, 7) is 6.55. The van der Waals surface area contributed by atoms with Crippen LogP contribution in [0.25, 0.3) is 0 Å². The van der Waals surface area contributed by atoms with Gasteiger partial charge < -0.3 is 14.7 Å². The lowest BCUT2D eigenvalue weighted by Gasteiger charge is -2.41. The lowest BCUT2D eigenvalue weighted by atomic mass is 10.1. The number of aromatic nitrogens is 3. The van der Waals surface area contributed by atoms with Gasteiger partial charge in [-0.1, -0.05) is 6.92 Å². The van der Waals surface area contributed by atoms with Gasteiger partial charge in [0.05, 0.1) is 18.3 Å². The second-order valence-electron chi connectivity index (χ2n) is 5.72. The standard InChI is InChI=1S/C13H22N4O3/c1-4-5-10-14-11(16-15-10)12(19)17-6-9(7-18)20-13(2,3)8-17/h9,18H,4-8H2,1-3H3,(H,14,15,16). The molecule has 7 heteroatoms. The van der Waals surface area contributed by atoms with Crippen molar-refractivity contribution in [1.29, 1.82) is 0 Å². The topological polar surface area (TPSA) is 91.3 Å². The number of carbonyl (C=O) groups is 1. The molecule has 0 aliphatic carbocycles. The maximum Gasteiger partial charge on any atom is 0.293 e. The maximum absolute atomic E-state index is 12.4. The molecule has 0 bridgehead atoms. The zero-order valence-electron chi connectivity index (χ0n) is 12.2. The molecule has 2 N–H and O–H groups in total. The summed E-state index contributed by atoms with van der Waals surface area (Å²) >= 11 is 0. The van der Waals surface area contributed by atoms with Gasteiger partial charge in [-0.3, -0.25) is 9.89 Å². The van der Waals surface area contributed by atoms with E-state index in [0.29, 0.717) is 13.1 Å². The first-order chi connectivity index (χ1) is 9.45. The molecule has 112 valence electrons. The Kier molecular flexibility index (Phi) is 4.39. The average Bonchev–Trinajstić information content (AvgIpc) is 2.85. The molecule has 1 atom stereocenters. The SMILES string of the molecule is CCCc1nc(C(=O)N2CC(CO)OC(C)(C)C2)n[nH]1. The summed E-state index contributed by atoms with van der Waals surface area (Å²) in [5.74, 6) is 0.684. The van der Waals surface area contributed by atoms with Gasteiger partial charge >= 0.3 is 0 Å². The van der Waals surface area contributed by atoms with Crippen molar-refractivity contribution >= 4 is 5.91 Å². The summed E-state index contributed by atoms with van der Waals surface area (Å²) < 4.78 is 5.69. The Morgan fingerprint density at radius 3 is 3.00 bits per heavy atom. The van der Waals surface area contributed by atoms with E-state index < -0.39 is 5.60 Å². The predicted octanol–water partition coefficient (Wildman–Crippen LogP) is 0.369. The Morgan fingerprint density at radius 2 is 2.35 bits per heavy atom. The van der Waals surface area contributed by atoms with Crippen LogP contribution in [0.1, 0.15) is 43.6 Å². The quantitative estimate of drug-likeness (QED) is 0.832. The number of rotatable bonds is 4. The number of ether oxygens (including phenoxy) is 1. The fraction of sp³-hybridized carbons (Fsp3) is 0.769. The number of hydrogen-bond donors (Lipinski definition) is 2. The zero-order valence-corrected chi connectivity index (χ0v) is 12.2. The number of aromatic amines is 1. The number of H-pyrrole nitrogens is 1. The third-order valence-corrected chi connectivity index (χ3v) is 3.18. The predicted molar refractivity (Wildman–Crippen MR) is 72.3 cm³/mol. The van der Waals surface area contributed by atoms with Crippen LogP contribution in [0.3, 0.4) is 0 Å². The molecule has 0 aromatic carbocycles. The third kappa shape index (κ3) is 3.34. The first-order valence-corrected chi connectivity index (χ1v) is 6.94. The number of carbonyl (C=O) groups excluding carboxylic acids is 1. The van der Waals surface area contributed by atoms with Gasteiger partial charge in [0.15, 0.2) is 0 Å². The smallest absolute Gasteiger partial charge is 0.293 e. The second-order valence-corrected chi connectivity index (χ2v) is 5.72. The van der Waals surface area contributed by atoms with Gasteiger partial charge in [0.2, 0.25) is 5.82 Å². The van der Waals surface area contributed by atoms with E-state index >= 15 is 0 Å². The number of aliphatic hydroxyl groups is 1. The number of amides is 1. The Morgan fingerprint density at radius 1 is 1.60 bits per heavy atom. The second kappa shape index (κ2) is 5.88.